The minimum Gasteiger partial charge on any atom is -0.467 e. The van der Waals surface area contributed by atoms with Crippen LogP contribution in [0.4, 0.5) is 10.2 Å². The second-order valence-corrected chi connectivity index (χ2v) is 9.05. The van der Waals surface area contributed by atoms with Crippen LogP contribution in [-0.4, -0.2) is 54.1 Å². The maximum absolute atomic E-state index is 16.0. The monoisotopic (exact) mass is 444 g/mol. The summed E-state index contributed by atoms with van der Waals surface area (Å²) in [5, 5.41) is 0.649. The van der Waals surface area contributed by atoms with Crippen molar-refractivity contribution in [3.05, 3.63) is 59.9 Å². The van der Waals surface area contributed by atoms with E-state index < -0.39 is 0 Å². The van der Waals surface area contributed by atoms with Crippen LogP contribution in [0.2, 0.25) is 0 Å². The highest BCUT2D eigenvalue weighted by Crippen LogP contribution is 2.58. The second kappa shape index (κ2) is 7.54. The molecule has 2 fully saturated rings. The van der Waals surface area contributed by atoms with Gasteiger partial charge in [-0.3, -0.25) is 4.79 Å². The van der Waals surface area contributed by atoms with Crippen molar-refractivity contribution in [3.8, 4) is 17.1 Å². The Bertz CT molecular complexity index is 1300. The fourth-order valence-corrected chi connectivity index (χ4v) is 5.48. The quantitative estimate of drug-likeness (QED) is 0.571. The van der Waals surface area contributed by atoms with E-state index in [4.69, 9.17) is 4.74 Å². The summed E-state index contributed by atoms with van der Waals surface area (Å²) in [6, 6.07) is 10.2. The van der Waals surface area contributed by atoms with Gasteiger partial charge in [-0.05, 0) is 53.5 Å². The lowest BCUT2D eigenvalue weighted by atomic mass is 9.93. The van der Waals surface area contributed by atoms with Crippen molar-refractivity contribution in [1.82, 2.24) is 14.9 Å². The molecule has 2 unspecified atom stereocenters. The largest absolute Gasteiger partial charge is 0.467 e. The van der Waals surface area contributed by atoms with E-state index in [0.717, 1.165) is 17.9 Å². The predicted molar refractivity (Wildman–Crippen MR) is 125 cm³/mol. The second-order valence-electron chi connectivity index (χ2n) is 9.05. The number of hydrogen-bond donors (Lipinski definition) is 0. The number of benzene rings is 2. The van der Waals surface area contributed by atoms with Gasteiger partial charge in [-0.2, -0.15) is 9.97 Å². The van der Waals surface area contributed by atoms with E-state index in [9.17, 15) is 4.79 Å². The van der Waals surface area contributed by atoms with E-state index in [1.807, 2.05) is 24.3 Å². The van der Waals surface area contributed by atoms with E-state index in [2.05, 4.69) is 27.5 Å². The molecule has 3 aliphatic rings. The molecule has 1 saturated heterocycles. The van der Waals surface area contributed by atoms with Crippen molar-refractivity contribution in [2.75, 3.05) is 38.2 Å². The molecular formula is C26H25FN4O2. The number of halogens is 1. The molecule has 33 heavy (non-hydrogen) atoms. The van der Waals surface area contributed by atoms with Crippen LogP contribution >= 0.6 is 0 Å². The first-order valence-electron chi connectivity index (χ1n) is 11.4. The molecule has 2 aromatic carbocycles. The van der Waals surface area contributed by atoms with Crippen LogP contribution in [0.15, 0.2) is 43.0 Å². The van der Waals surface area contributed by atoms with Crippen molar-refractivity contribution in [1.29, 1.82) is 0 Å². The van der Waals surface area contributed by atoms with Gasteiger partial charge in [0.05, 0.1) is 7.11 Å². The van der Waals surface area contributed by atoms with Gasteiger partial charge in [0.2, 0.25) is 5.91 Å². The number of anilines is 1. The third-order valence-electron chi connectivity index (χ3n) is 7.30. The lowest BCUT2D eigenvalue weighted by molar-refractivity contribution is -0.126. The number of nitrogens with zero attached hydrogens (tertiary/aromatic N) is 4. The van der Waals surface area contributed by atoms with Crippen molar-refractivity contribution in [3.63, 3.8) is 0 Å². The Morgan fingerprint density at radius 2 is 1.97 bits per heavy atom. The molecule has 0 radical (unpaired) electrons. The Hall–Kier alpha value is -3.48. The summed E-state index contributed by atoms with van der Waals surface area (Å²) < 4.78 is 21.3. The number of rotatable bonds is 4. The van der Waals surface area contributed by atoms with Crippen molar-refractivity contribution in [2.24, 2.45) is 5.92 Å². The minimum atomic E-state index is -0.344. The Labute approximate surface area is 191 Å². The van der Waals surface area contributed by atoms with E-state index >= 15 is 4.39 Å². The fraction of sp³-hybridized carbons (Fsp3) is 0.346. The molecule has 2 heterocycles. The van der Waals surface area contributed by atoms with Crippen LogP contribution in [0.5, 0.6) is 6.01 Å². The Balaban J connectivity index is 1.42. The van der Waals surface area contributed by atoms with Crippen LogP contribution < -0.4 is 9.64 Å². The van der Waals surface area contributed by atoms with Gasteiger partial charge < -0.3 is 14.5 Å². The van der Waals surface area contributed by atoms with Gasteiger partial charge in [-0.1, -0.05) is 30.8 Å². The van der Waals surface area contributed by atoms with E-state index in [1.165, 1.54) is 30.7 Å². The maximum Gasteiger partial charge on any atom is 0.318 e. The number of carbonyl (C=O) groups is 1. The summed E-state index contributed by atoms with van der Waals surface area (Å²) in [5.74, 6) is 1.59. The van der Waals surface area contributed by atoms with Crippen LogP contribution in [0.1, 0.15) is 23.5 Å². The Kier molecular flexibility index (Phi) is 4.60. The zero-order valence-electron chi connectivity index (χ0n) is 18.6. The molecule has 6 nitrogen and oxygen atoms in total. The highest BCUT2D eigenvalue weighted by Gasteiger charge is 2.45. The first kappa shape index (κ1) is 20.1. The molecule has 3 aromatic rings. The van der Waals surface area contributed by atoms with E-state index in [-0.39, 0.29) is 23.3 Å². The molecule has 0 spiro atoms. The summed E-state index contributed by atoms with van der Waals surface area (Å²) >= 11 is 0. The first-order valence-corrected chi connectivity index (χ1v) is 11.4. The minimum absolute atomic E-state index is 0.0801. The molecule has 7 heteroatoms. The third kappa shape index (κ3) is 3.17. The van der Waals surface area contributed by atoms with Gasteiger partial charge in [0.15, 0.2) is 5.82 Å². The average molecular weight is 445 g/mol. The number of hydrogen-bond acceptors (Lipinski definition) is 5. The van der Waals surface area contributed by atoms with Gasteiger partial charge >= 0.3 is 6.01 Å². The number of piperazine rings is 1. The highest BCUT2D eigenvalue weighted by atomic mass is 19.1. The van der Waals surface area contributed by atoms with Gasteiger partial charge in [-0.15, -0.1) is 0 Å². The molecular weight excluding hydrogens is 419 g/mol. The summed E-state index contributed by atoms with van der Waals surface area (Å²) in [5.41, 5.74) is 4.47. The van der Waals surface area contributed by atoms with Crippen molar-refractivity contribution in [2.45, 2.75) is 18.8 Å². The van der Waals surface area contributed by atoms with Crippen LogP contribution in [-0.2, 0) is 11.2 Å². The number of methoxy groups -OCH3 is 1. The molecule has 6 rings (SSSR count). The van der Waals surface area contributed by atoms with E-state index in [1.54, 1.807) is 4.90 Å². The van der Waals surface area contributed by atoms with Gasteiger partial charge in [-0.25, -0.2) is 4.39 Å². The molecule has 1 saturated carbocycles. The number of fused-ring (bicyclic) bond motifs is 4. The molecule has 0 bridgehead atoms. The first-order chi connectivity index (χ1) is 16.1. The number of amides is 1. The topological polar surface area (TPSA) is 58.6 Å². The maximum atomic E-state index is 16.0. The Morgan fingerprint density at radius 1 is 1.15 bits per heavy atom. The number of aromatic nitrogens is 2. The molecule has 2 aliphatic carbocycles. The molecule has 168 valence electrons. The number of ether oxygens (including phenoxy) is 1. The van der Waals surface area contributed by atoms with Crippen molar-refractivity contribution < 1.29 is 13.9 Å². The average Bonchev–Trinajstić information content (AvgIpc) is 3.54. The van der Waals surface area contributed by atoms with Gasteiger partial charge in [0.25, 0.3) is 0 Å². The summed E-state index contributed by atoms with van der Waals surface area (Å²) in [6.07, 6.45) is 3.62. The van der Waals surface area contributed by atoms with Gasteiger partial charge in [0.1, 0.15) is 11.3 Å². The molecule has 1 aliphatic heterocycles. The van der Waals surface area contributed by atoms with Crippen LogP contribution in [0.25, 0.3) is 22.0 Å². The highest BCUT2D eigenvalue weighted by molar-refractivity contribution is 5.94. The molecule has 1 aromatic heterocycles. The van der Waals surface area contributed by atoms with Crippen LogP contribution in [0.3, 0.4) is 0 Å². The van der Waals surface area contributed by atoms with Crippen molar-refractivity contribution >= 4 is 22.6 Å². The summed E-state index contributed by atoms with van der Waals surface area (Å²) in [7, 11) is 1.49. The summed E-state index contributed by atoms with van der Waals surface area (Å²) in [6.45, 7) is 5.85. The zero-order valence-corrected chi connectivity index (χ0v) is 18.6. The molecule has 1 amide bonds. The third-order valence-corrected chi connectivity index (χ3v) is 7.30. The molecule has 2 atom stereocenters. The zero-order chi connectivity index (χ0) is 22.7. The molecule has 0 N–H and O–H groups in total. The van der Waals surface area contributed by atoms with Crippen LogP contribution in [0, 0.1) is 11.7 Å². The predicted octanol–water partition coefficient (Wildman–Crippen LogP) is 3.94. The summed E-state index contributed by atoms with van der Waals surface area (Å²) in [4.78, 5) is 24.7. The Morgan fingerprint density at radius 3 is 2.73 bits per heavy atom. The van der Waals surface area contributed by atoms with Gasteiger partial charge in [0, 0.05) is 37.1 Å². The lowest BCUT2D eigenvalue weighted by Gasteiger charge is -2.35. The normalized spacial score (nSPS) is 21.0. The van der Waals surface area contributed by atoms with E-state index in [0.29, 0.717) is 48.9 Å². The number of carbonyl (C=O) groups excluding carboxylic acids is 1. The standard InChI is InChI=1S/C26H25FN4O2/c1-3-22(32)30-9-11-31(12-10-30)25-19-8-7-18(23(27)24(19)28-26(29-25)33-2)16-5-4-6-17-20-13-15(20)14-21(16)17/h3-8,15,20H,1,9-14H2,2H3. The fourth-order valence-electron chi connectivity index (χ4n) is 5.48. The smallest absolute Gasteiger partial charge is 0.318 e. The SMILES string of the molecule is C=CC(=O)N1CCN(c2nc(OC)nc3c(F)c(-c4cccc5c4CC4CC54)ccc23)CC1. The lowest BCUT2D eigenvalue weighted by Crippen LogP contribution is -2.48.